The second kappa shape index (κ2) is 6.17. The average Bonchev–Trinajstić information content (AvgIpc) is 2.41. The van der Waals surface area contributed by atoms with Crippen molar-refractivity contribution in [3.8, 4) is 0 Å². The molecule has 1 N–H and O–H groups in total. The zero-order valence-electron chi connectivity index (χ0n) is 10.5. The molecule has 0 saturated heterocycles. The third-order valence-corrected chi connectivity index (χ3v) is 3.93. The predicted octanol–water partition coefficient (Wildman–Crippen LogP) is 5.24. The summed E-state index contributed by atoms with van der Waals surface area (Å²) < 4.78 is 0. The number of rotatable bonds is 4. The summed E-state index contributed by atoms with van der Waals surface area (Å²) in [6.45, 7) is 2.14. The van der Waals surface area contributed by atoms with Gasteiger partial charge < -0.3 is 5.32 Å². The predicted molar refractivity (Wildman–Crippen MR) is 81.7 cm³/mol. The maximum atomic E-state index is 6.14. The Labute approximate surface area is 118 Å². The van der Waals surface area contributed by atoms with Crippen LogP contribution in [0.1, 0.15) is 18.5 Å². The van der Waals surface area contributed by atoms with E-state index in [1.54, 1.807) is 11.8 Å². The van der Waals surface area contributed by atoms with Gasteiger partial charge >= 0.3 is 0 Å². The first kappa shape index (κ1) is 13.3. The highest BCUT2D eigenvalue weighted by atomic mass is 35.5. The molecule has 0 fully saturated rings. The third-order valence-electron chi connectivity index (χ3n) is 2.86. The van der Waals surface area contributed by atoms with Crippen molar-refractivity contribution in [2.75, 3.05) is 11.6 Å². The summed E-state index contributed by atoms with van der Waals surface area (Å²) in [5.74, 6) is 0. The molecule has 0 saturated carbocycles. The molecule has 0 aliphatic heterocycles. The molecular weight excluding hydrogens is 262 g/mol. The van der Waals surface area contributed by atoms with Crippen LogP contribution in [0.15, 0.2) is 53.4 Å². The summed E-state index contributed by atoms with van der Waals surface area (Å²) in [7, 11) is 0. The highest BCUT2D eigenvalue weighted by molar-refractivity contribution is 7.98. The Kier molecular flexibility index (Phi) is 4.56. The lowest BCUT2D eigenvalue weighted by Gasteiger charge is -2.17. The average molecular weight is 278 g/mol. The van der Waals surface area contributed by atoms with E-state index in [1.807, 2.05) is 24.3 Å². The Hall–Kier alpha value is -1.12. The largest absolute Gasteiger partial charge is 0.377 e. The highest BCUT2D eigenvalue weighted by Gasteiger charge is 2.07. The molecule has 2 rings (SSSR count). The Bertz CT molecular complexity index is 510. The van der Waals surface area contributed by atoms with Crippen LogP contribution in [0, 0.1) is 0 Å². The lowest BCUT2D eigenvalue weighted by molar-refractivity contribution is 0.883. The van der Waals surface area contributed by atoms with E-state index in [-0.39, 0.29) is 6.04 Å². The summed E-state index contributed by atoms with van der Waals surface area (Å²) in [4.78, 5) is 1.28. The molecule has 0 amide bonds. The standard InChI is InChI=1S/C15H16ClNS/c1-11(12-7-9-13(18-2)10-8-12)17-15-6-4-3-5-14(15)16/h3-11,17H,1-2H3. The fraction of sp³-hybridized carbons (Fsp3) is 0.200. The Morgan fingerprint density at radius 3 is 2.33 bits per heavy atom. The summed E-state index contributed by atoms with van der Waals surface area (Å²) >= 11 is 7.89. The van der Waals surface area contributed by atoms with Gasteiger partial charge in [-0.1, -0.05) is 35.9 Å². The molecule has 18 heavy (non-hydrogen) atoms. The van der Waals surface area contributed by atoms with Crippen molar-refractivity contribution in [3.63, 3.8) is 0 Å². The molecule has 94 valence electrons. The molecule has 2 aromatic carbocycles. The molecule has 2 aromatic rings. The lowest BCUT2D eigenvalue weighted by atomic mass is 10.1. The van der Waals surface area contributed by atoms with E-state index in [2.05, 4.69) is 42.8 Å². The minimum absolute atomic E-state index is 0.237. The molecular formula is C15H16ClNS. The maximum absolute atomic E-state index is 6.14. The molecule has 1 nitrogen and oxygen atoms in total. The molecule has 0 bridgehead atoms. The number of anilines is 1. The number of benzene rings is 2. The number of hydrogen-bond donors (Lipinski definition) is 1. The Morgan fingerprint density at radius 1 is 1.06 bits per heavy atom. The van der Waals surface area contributed by atoms with Crippen LogP contribution >= 0.6 is 23.4 Å². The van der Waals surface area contributed by atoms with Crippen LogP contribution in [-0.4, -0.2) is 6.26 Å². The van der Waals surface area contributed by atoms with Crippen LogP contribution < -0.4 is 5.32 Å². The van der Waals surface area contributed by atoms with Crippen molar-refractivity contribution in [3.05, 3.63) is 59.1 Å². The van der Waals surface area contributed by atoms with Crippen LogP contribution in [0.5, 0.6) is 0 Å². The van der Waals surface area contributed by atoms with Crippen LogP contribution in [0.3, 0.4) is 0 Å². The van der Waals surface area contributed by atoms with Gasteiger partial charge in [0.05, 0.1) is 10.7 Å². The molecule has 1 atom stereocenters. The monoisotopic (exact) mass is 277 g/mol. The first-order valence-corrected chi connectivity index (χ1v) is 7.46. The van der Waals surface area contributed by atoms with Crippen molar-refractivity contribution in [2.45, 2.75) is 17.9 Å². The summed E-state index contributed by atoms with van der Waals surface area (Å²) in [5, 5.41) is 4.18. The minimum atomic E-state index is 0.237. The molecule has 0 radical (unpaired) electrons. The van der Waals surface area contributed by atoms with Gasteiger partial charge in [-0.3, -0.25) is 0 Å². The second-order valence-corrected chi connectivity index (χ2v) is 5.41. The van der Waals surface area contributed by atoms with Crippen LogP contribution in [0.25, 0.3) is 0 Å². The van der Waals surface area contributed by atoms with E-state index in [0.29, 0.717) is 0 Å². The smallest absolute Gasteiger partial charge is 0.0637 e. The molecule has 1 unspecified atom stereocenters. The zero-order valence-corrected chi connectivity index (χ0v) is 12.1. The van der Waals surface area contributed by atoms with Gasteiger partial charge in [-0.05, 0) is 43.0 Å². The van der Waals surface area contributed by atoms with E-state index in [9.17, 15) is 0 Å². The van der Waals surface area contributed by atoms with Crippen LogP contribution in [0.4, 0.5) is 5.69 Å². The van der Waals surface area contributed by atoms with Crippen molar-refractivity contribution in [1.29, 1.82) is 0 Å². The molecule has 0 spiro atoms. The fourth-order valence-electron chi connectivity index (χ4n) is 1.79. The lowest BCUT2D eigenvalue weighted by Crippen LogP contribution is -2.06. The third kappa shape index (κ3) is 3.21. The topological polar surface area (TPSA) is 12.0 Å². The van der Waals surface area contributed by atoms with Gasteiger partial charge in [0, 0.05) is 10.9 Å². The highest BCUT2D eigenvalue weighted by Crippen LogP contribution is 2.26. The molecule has 0 aliphatic rings. The van der Waals surface area contributed by atoms with E-state index in [1.165, 1.54) is 10.5 Å². The van der Waals surface area contributed by atoms with E-state index < -0.39 is 0 Å². The van der Waals surface area contributed by atoms with Crippen molar-refractivity contribution in [2.24, 2.45) is 0 Å². The Morgan fingerprint density at radius 2 is 1.72 bits per heavy atom. The molecule has 0 aliphatic carbocycles. The second-order valence-electron chi connectivity index (χ2n) is 4.12. The van der Waals surface area contributed by atoms with Gasteiger partial charge in [-0.25, -0.2) is 0 Å². The van der Waals surface area contributed by atoms with Gasteiger partial charge in [-0.2, -0.15) is 0 Å². The first-order valence-electron chi connectivity index (χ1n) is 5.85. The van der Waals surface area contributed by atoms with Crippen molar-refractivity contribution >= 4 is 29.1 Å². The first-order chi connectivity index (χ1) is 8.70. The van der Waals surface area contributed by atoms with Gasteiger partial charge in [0.1, 0.15) is 0 Å². The minimum Gasteiger partial charge on any atom is -0.377 e. The number of halogens is 1. The SMILES string of the molecule is CSc1ccc(C(C)Nc2ccccc2Cl)cc1. The Balaban J connectivity index is 2.11. The van der Waals surface area contributed by atoms with Crippen molar-refractivity contribution in [1.82, 2.24) is 0 Å². The van der Waals surface area contributed by atoms with Gasteiger partial charge in [0.2, 0.25) is 0 Å². The maximum Gasteiger partial charge on any atom is 0.0637 e. The summed E-state index contributed by atoms with van der Waals surface area (Å²) in [5.41, 5.74) is 2.23. The molecule has 3 heteroatoms. The normalized spacial score (nSPS) is 12.2. The van der Waals surface area contributed by atoms with E-state index in [4.69, 9.17) is 11.6 Å². The van der Waals surface area contributed by atoms with Crippen LogP contribution in [-0.2, 0) is 0 Å². The number of hydrogen-bond acceptors (Lipinski definition) is 2. The summed E-state index contributed by atoms with van der Waals surface area (Å²) in [6, 6.07) is 16.6. The van der Waals surface area contributed by atoms with E-state index >= 15 is 0 Å². The quantitative estimate of drug-likeness (QED) is 0.768. The van der Waals surface area contributed by atoms with Gasteiger partial charge in [0.15, 0.2) is 0 Å². The number of para-hydroxylation sites is 1. The van der Waals surface area contributed by atoms with Gasteiger partial charge in [-0.15, -0.1) is 11.8 Å². The zero-order chi connectivity index (χ0) is 13.0. The number of thioether (sulfide) groups is 1. The molecule has 0 aromatic heterocycles. The van der Waals surface area contributed by atoms with Gasteiger partial charge in [0.25, 0.3) is 0 Å². The van der Waals surface area contributed by atoms with E-state index in [0.717, 1.165) is 10.7 Å². The molecule has 0 heterocycles. The number of nitrogens with one attached hydrogen (secondary N) is 1. The van der Waals surface area contributed by atoms with Crippen molar-refractivity contribution < 1.29 is 0 Å². The fourth-order valence-corrected chi connectivity index (χ4v) is 2.39. The summed E-state index contributed by atoms with van der Waals surface area (Å²) in [6.07, 6.45) is 2.08. The van der Waals surface area contributed by atoms with Crippen LogP contribution in [0.2, 0.25) is 5.02 Å².